The van der Waals surface area contributed by atoms with Crippen molar-refractivity contribution in [1.29, 1.82) is 0 Å². The lowest BCUT2D eigenvalue weighted by Gasteiger charge is -2.13. The number of thioether (sulfide) groups is 1. The summed E-state index contributed by atoms with van der Waals surface area (Å²) in [7, 11) is 0. The average molecular weight is 562 g/mol. The zero-order valence-corrected chi connectivity index (χ0v) is 20.6. The lowest BCUT2D eigenvalue weighted by Crippen LogP contribution is -2.32. The molecule has 0 bridgehead atoms. The predicted octanol–water partition coefficient (Wildman–Crippen LogP) is 6.79. The summed E-state index contributed by atoms with van der Waals surface area (Å²) in [6.07, 6.45) is -1.31. The van der Waals surface area contributed by atoms with Gasteiger partial charge in [-0.05, 0) is 42.3 Å². The minimum absolute atomic E-state index is 0.137. The van der Waals surface area contributed by atoms with Crippen LogP contribution in [-0.2, 0) is 17.4 Å². The van der Waals surface area contributed by atoms with Crippen LogP contribution < -0.4 is 0 Å². The number of nitrogens with zero attached hydrogens (tertiary/aromatic N) is 3. The number of hydrogen-bond donors (Lipinski definition) is 0. The number of hydrogen-bond acceptors (Lipinski definition) is 5. The van der Waals surface area contributed by atoms with Crippen molar-refractivity contribution in [3.05, 3.63) is 94.7 Å². The Hall–Kier alpha value is -3.11. The highest BCUT2D eigenvalue weighted by Gasteiger charge is 2.38. The summed E-state index contributed by atoms with van der Waals surface area (Å²) >= 11 is 4.56. The molecule has 0 saturated carbocycles. The van der Waals surface area contributed by atoms with Crippen LogP contribution in [0.3, 0.4) is 0 Å². The lowest BCUT2D eigenvalue weighted by atomic mass is 10.1. The predicted molar refractivity (Wildman–Crippen MR) is 135 cm³/mol. The molecule has 10 heteroatoms. The first-order chi connectivity index (χ1) is 16.7. The number of amides is 1. The fourth-order valence-electron chi connectivity index (χ4n) is 3.43. The van der Waals surface area contributed by atoms with E-state index < -0.39 is 17.0 Å². The van der Waals surface area contributed by atoms with E-state index in [1.807, 2.05) is 30.3 Å². The monoisotopic (exact) mass is 561 g/mol. The van der Waals surface area contributed by atoms with Gasteiger partial charge in [-0.3, -0.25) is 9.69 Å². The molecular weight excluding hydrogens is 543 g/mol. The molecule has 1 aromatic heterocycles. The van der Waals surface area contributed by atoms with Crippen LogP contribution in [0.2, 0.25) is 0 Å². The second-order valence-corrected chi connectivity index (χ2v) is 9.67. The van der Waals surface area contributed by atoms with E-state index in [-0.39, 0.29) is 18.9 Å². The summed E-state index contributed by atoms with van der Waals surface area (Å²) in [5, 5.41) is 7.97. The molecule has 5 nitrogen and oxygen atoms in total. The van der Waals surface area contributed by atoms with Crippen LogP contribution in [0.25, 0.3) is 11.3 Å². The largest absolute Gasteiger partial charge is 0.455 e. The fraction of sp³-hybridized carbons (Fsp3) is 0.160. The normalized spacial score (nSPS) is 17.6. The minimum Gasteiger partial charge on any atom is -0.455 e. The third kappa shape index (κ3) is 6.12. The molecule has 3 aromatic rings. The van der Waals surface area contributed by atoms with Gasteiger partial charge in [0.25, 0.3) is 0 Å². The molecule has 35 heavy (non-hydrogen) atoms. The van der Waals surface area contributed by atoms with Gasteiger partial charge in [0.1, 0.15) is 11.5 Å². The summed E-state index contributed by atoms with van der Waals surface area (Å²) in [6.45, 7) is 3.88. The molecule has 1 fully saturated rings. The first-order valence-corrected chi connectivity index (χ1v) is 12.1. The minimum atomic E-state index is -4.44. The number of carbonyl (C=O) groups is 1. The van der Waals surface area contributed by atoms with Crippen molar-refractivity contribution < 1.29 is 22.4 Å². The number of rotatable bonds is 7. The van der Waals surface area contributed by atoms with Crippen LogP contribution >= 0.6 is 27.7 Å². The Labute approximate surface area is 212 Å². The summed E-state index contributed by atoms with van der Waals surface area (Å²) in [5.74, 6) is 0.903. The third-order valence-corrected chi connectivity index (χ3v) is 6.79. The van der Waals surface area contributed by atoms with Gasteiger partial charge >= 0.3 is 6.18 Å². The van der Waals surface area contributed by atoms with E-state index in [9.17, 15) is 18.0 Å². The molecule has 2 aromatic carbocycles. The Morgan fingerprint density at radius 2 is 1.91 bits per heavy atom. The van der Waals surface area contributed by atoms with Crippen molar-refractivity contribution in [3.8, 4) is 11.3 Å². The van der Waals surface area contributed by atoms with Gasteiger partial charge in [-0.15, -0.1) is 11.7 Å². The lowest BCUT2D eigenvalue weighted by molar-refractivity contribution is -0.137. The van der Waals surface area contributed by atoms with Gasteiger partial charge < -0.3 is 4.42 Å². The van der Waals surface area contributed by atoms with E-state index >= 15 is 0 Å². The second-order valence-electron chi connectivity index (χ2n) is 7.58. The maximum absolute atomic E-state index is 13.0. The highest BCUT2D eigenvalue weighted by Crippen LogP contribution is 2.33. The number of benzene rings is 2. The Balaban J connectivity index is 1.48. The summed E-state index contributed by atoms with van der Waals surface area (Å²) in [4.78, 5) is 14.3. The average Bonchev–Trinajstić information content (AvgIpc) is 3.40. The van der Waals surface area contributed by atoms with Crippen LogP contribution in [0.1, 0.15) is 16.9 Å². The SMILES string of the molecule is C=CCN1C(=O)[C@H](Cc2cccc(C(F)(F)F)c2)S/C1=N\N=C/c1ccc(-c2ccc(Br)cc2)o1. The van der Waals surface area contributed by atoms with Crippen molar-refractivity contribution in [2.45, 2.75) is 17.8 Å². The Bertz CT molecular complexity index is 1290. The molecule has 0 aliphatic carbocycles. The first kappa shape index (κ1) is 25.0. The maximum atomic E-state index is 13.0. The molecular formula is C25H19BrF3N3O2S. The highest BCUT2D eigenvalue weighted by molar-refractivity contribution is 9.10. The van der Waals surface area contributed by atoms with Gasteiger partial charge in [0.15, 0.2) is 5.17 Å². The van der Waals surface area contributed by atoms with E-state index in [0.29, 0.717) is 22.3 Å². The Morgan fingerprint density at radius 1 is 1.14 bits per heavy atom. The number of halogens is 4. The number of alkyl halides is 3. The molecule has 1 aliphatic rings. The van der Waals surface area contributed by atoms with E-state index in [1.54, 1.807) is 18.2 Å². The zero-order chi connectivity index (χ0) is 25.0. The van der Waals surface area contributed by atoms with Gasteiger partial charge in [-0.25, -0.2) is 0 Å². The maximum Gasteiger partial charge on any atom is 0.416 e. The molecule has 1 atom stereocenters. The Kier molecular flexibility index (Phi) is 7.61. The molecule has 0 unspecified atom stereocenters. The van der Waals surface area contributed by atoms with Crippen molar-refractivity contribution in [2.24, 2.45) is 10.2 Å². The smallest absolute Gasteiger partial charge is 0.416 e. The van der Waals surface area contributed by atoms with Crippen molar-refractivity contribution >= 4 is 45.0 Å². The molecule has 1 aliphatic heterocycles. The van der Waals surface area contributed by atoms with Gasteiger partial charge in [-0.1, -0.05) is 64.1 Å². The number of carbonyl (C=O) groups excluding carboxylic acids is 1. The molecule has 1 saturated heterocycles. The molecule has 2 heterocycles. The summed E-state index contributed by atoms with van der Waals surface area (Å²) < 4.78 is 45.9. The molecule has 4 rings (SSSR count). The van der Waals surface area contributed by atoms with Crippen LogP contribution in [0.15, 0.2) is 92.4 Å². The standard InChI is InChI=1S/C25H19BrF3N3O2S/c1-2-12-32-23(33)22(14-16-4-3-5-18(13-16)25(27,28)29)35-24(32)31-30-15-20-10-11-21(34-20)17-6-8-19(26)9-7-17/h2-11,13,15,22H,1,12,14H2/b30-15-,31-24-/t22-/m0/s1. The molecule has 1 amide bonds. The molecule has 0 spiro atoms. The van der Waals surface area contributed by atoms with E-state index in [0.717, 1.165) is 33.9 Å². The molecule has 0 radical (unpaired) electrons. The second kappa shape index (κ2) is 10.7. The summed E-state index contributed by atoms with van der Waals surface area (Å²) in [5.41, 5.74) is 0.587. The molecule has 180 valence electrons. The van der Waals surface area contributed by atoms with Crippen LogP contribution in [-0.4, -0.2) is 34.0 Å². The van der Waals surface area contributed by atoms with Gasteiger partial charge in [0.2, 0.25) is 5.91 Å². The summed E-state index contributed by atoms with van der Waals surface area (Å²) in [6, 6.07) is 16.2. The van der Waals surface area contributed by atoms with E-state index in [1.165, 1.54) is 17.2 Å². The van der Waals surface area contributed by atoms with Crippen LogP contribution in [0, 0.1) is 0 Å². The fourth-order valence-corrected chi connectivity index (χ4v) is 4.84. The van der Waals surface area contributed by atoms with Gasteiger partial charge in [-0.2, -0.15) is 18.3 Å². The number of furan rings is 1. The number of amidine groups is 1. The Morgan fingerprint density at radius 3 is 2.63 bits per heavy atom. The van der Waals surface area contributed by atoms with Crippen molar-refractivity contribution in [1.82, 2.24) is 4.90 Å². The van der Waals surface area contributed by atoms with E-state index in [4.69, 9.17) is 4.42 Å². The quantitative estimate of drug-likeness (QED) is 0.181. The topological polar surface area (TPSA) is 58.2 Å². The molecule has 0 N–H and O–H groups in total. The zero-order valence-electron chi connectivity index (χ0n) is 18.2. The van der Waals surface area contributed by atoms with Gasteiger partial charge in [0.05, 0.1) is 17.0 Å². The van der Waals surface area contributed by atoms with E-state index in [2.05, 4.69) is 32.7 Å². The third-order valence-electron chi connectivity index (χ3n) is 5.09. The van der Waals surface area contributed by atoms with Crippen molar-refractivity contribution in [2.75, 3.05) is 6.54 Å². The van der Waals surface area contributed by atoms with Crippen molar-refractivity contribution in [3.63, 3.8) is 0 Å². The van der Waals surface area contributed by atoms with Crippen LogP contribution in [0.5, 0.6) is 0 Å². The highest BCUT2D eigenvalue weighted by atomic mass is 79.9. The first-order valence-electron chi connectivity index (χ1n) is 10.5. The van der Waals surface area contributed by atoms with Crippen LogP contribution in [0.4, 0.5) is 13.2 Å². The van der Waals surface area contributed by atoms with Gasteiger partial charge in [0, 0.05) is 16.6 Å².